The van der Waals surface area contributed by atoms with Crippen molar-refractivity contribution in [3.8, 4) is 0 Å². The number of fused-ring (bicyclic) bond motifs is 1. The van der Waals surface area contributed by atoms with Gasteiger partial charge in [0, 0.05) is 23.3 Å². The van der Waals surface area contributed by atoms with Crippen LogP contribution >= 0.6 is 11.8 Å². The Hall–Kier alpha value is -2.88. The van der Waals surface area contributed by atoms with Crippen molar-refractivity contribution in [2.24, 2.45) is 0 Å². The molecule has 0 aromatic carbocycles. The smallest absolute Gasteiger partial charge is 0.374 e. The Bertz CT molecular complexity index is 1240. The Balaban J connectivity index is 1.61. The van der Waals surface area contributed by atoms with Gasteiger partial charge in [-0.25, -0.2) is 19.6 Å². The molecule has 29 heavy (non-hydrogen) atoms. The highest BCUT2D eigenvalue weighted by molar-refractivity contribution is 7.98. The summed E-state index contributed by atoms with van der Waals surface area (Å²) in [6.45, 7) is 0. The topological polar surface area (TPSA) is 120 Å². The van der Waals surface area contributed by atoms with E-state index in [9.17, 15) is 14.4 Å². The van der Waals surface area contributed by atoms with E-state index in [0.717, 1.165) is 25.7 Å². The molecule has 3 aromatic rings. The Morgan fingerprint density at radius 3 is 2.79 bits per heavy atom. The molecule has 0 aliphatic heterocycles. The van der Waals surface area contributed by atoms with Crippen LogP contribution in [-0.2, 0) is 10.5 Å². The number of methoxy groups -OCH3 is 1. The number of hydrogen-bond acceptors (Lipinski definition) is 8. The van der Waals surface area contributed by atoms with E-state index in [2.05, 4.69) is 15.0 Å². The van der Waals surface area contributed by atoms with Gasteiger partial charge in [0.05, 0.1) is 13.4 Å². The molecule has 0 saturated heterocycles. The highest BCUT2D eigenvalue weighted by Gasteiger charge is 2.32. The molecule has 2 fully saturated rings. The number of thioether (sulfide) groups is 1. The number of ether oxygens (including phenoxy) is 1. The quantitative estimate of drug-likeness (QED) is 0.371. The first kappa shape index (κ1) is 18.2. The van der Waals surface area contributed by atoms with E-state index in [0.29, 0.717) is 33.2 Å². The first-order valence-corrected chi connectivity index (χ1v) is 10.4. The SMILES string of the molecule is COC(=O)c1occc1CSc1nc(C2CC2)nc2c1c(=O)[nH]c(=O)n2C1CC1. The summed E-state index contributed by atoms with van der Waals surface area (Å²) in [4.78, 5) is 48.6. The number of furan rings is 1. The van der Waals surface area contributed by atoms with Crippen LogP contribution in [0, 0.1) is 0 Å². The van der Waals surface area contributed by atoms with Crippen LogP contribution in [0.15, 0.2) is 31.4 Å². The number of carbonyl (C=O) groups is 1. The molecule has 0 unspecified atom stereocenters. The Morgan fingerprint density at radius 2 is 2.10 bits per heavy atom. The summed E-state index contributed by atoms with van der Waals surface area (Å²) in [5.74, 6) is 0.862. The van der Waals surface area contributed by atoms with Crippen LogP contribution in [0.5, 0.6) is 0 Å². The maximum Gasteiger partial charge on any atom is 0.374 e. The van der Waals surface area contributed by atoms with Crippen LogP contribution in [-0.4, -0.2) is 32.6 Å². The van der Waals surface area contributed by atoms with Gasteiger partial charge in [-0.2, -0.15) is 0 Å². The van der Waals surface area contributed by atoms with Crippen LogP contribution in [0.1, 0.15) is 59.6 Å². The molecule has 150 valence electrons. The standard InChI is InChI=1S/C19H18N4O5S/c1-27-18(25)13-10(6-7-28-13)8-29-17-12-15(20-14(21-17)9-2-3-9)23(11-4-5-11)19(26)22-16(12)24/h6-7,9,11H,2-5,8H2,1H3,(H,22,24,26). The lowest BCUT2D eigenvalue weighted by Gasteiger charge is -2.11. The first-order valence-electron chi connectivity index (χ1n) is 9.40. The third kappa shape index (κ3) is 3.27. The molecule has 2 saturated carbocycles. The monoisotopic (exact) mass is 414 g/mol. The molecule has 2 aliphatic carbocycles. The van der Waals surface area contributed by atoms with Crippen molar-refractivity contribution in [3.63, 3.8) is 0 Å². The molecular formula is C19H18N4O5S. The second-order valence-corrected chi connectivity index (χ2v) is 8.24. The second-order valence-electron chi connectivity index (χ2n) is 7.28. The summed E-state index contributed by atoms with van der Waals surface area (Å²) in [5, 5.41) is 0.818. The van der Waals surface area contributed by atoms with Gasteiger partial charge in [-0.15, -0.1) is 11.8 Å². The fourth-order valence-corrected chi connectivity index (χ4v) is 4.31. The van der Waals surface area contributed by atoms with E-state index in [4.69, 9.17) is 9.15 Å². The number of nitrogens with one attached hydrogen (secondary N) is 1. The molecule has 0 bridgehead atoms. The normalized spacial score (nSPS) is 16.3. The van der Waals surface area contributed by atoms with Gasteiger partial charge in [0.25, 0.3) is 5.56 Å². The number of nitrogens with zero attached hydrogens (tertiary/aromatic N) is 3. The highest BCUT2D eigenvalue weighted by Crippen LogP contribution is 2.41. The average Bonchev–Trinajstić information content (AvgIpc) is 3.63. The summed E-state index contributed by atoms with van der Waals surface area (Å²) >= 11 is 1.32. The molecule has 9 nitrogen and oxygen atoms in total. The van der Waals surface area contributed by atoms with Crippen molar-refractivity contribution in [1.82, 2.24) is 19.5 Å². The number of aromatic amines is 1. The van der Waals surface area contributed by atoms with E-state index in [1.165, 1.54) is 25.1 Å². The summed E-state index contributed by atoms with van der Waals surface area (Å²) in [7, 11) is 1.29. The third-order valence-electron chi connectivity index (χ3n) is 5.11. The molecule has 3 heterocycles. The molecule has 2 aliphatic rings. The van der Waals surface area contributed by atoms with E-state index in [-0.39, 0.29) is 17.7 Å². The van der Waals surface area contributed by atoms with Gasteiger partial charge in [-0.1, -0.05) is 0 Å². The number of aromatic nitrogens is 4. The number of esters is 1. The minimum absolute atomic E-state index is 0.0708. The van der Waals surface area contributed by atoms with Gasteiger partial charge in [0.15, 0.2) is 5.65 Å². The lowest BCUT2D eigenvalue weighted by molar-refractivity contribution is 0.0564. The maximum absolute atomic E-state index is 12.6. The van der Waals surface area contributed by atoms with Crippen LogP contribution < -0.4 is 11.2 Å². The van der Waals surface area contributed by atoms with Crippen LogP contribution in [0.2, 0.25) is 0 Å². The van der Waals surface area contributed by atoms with Gasteiger partial charge >= 0.3 is 11.7 Å². The zero-order valence-corrected chi connectivity index (χ0v) is 16.5. The van der Waals surface area contributed by atoms with E-state index in [1.807, 2.05) is 0 Å². The van der Waals surface area contributed by atoms with E-state index < -0.39 is 17.2 Å². The van der Waals surface area contributed by atoms with Gasteiger partial charge in [0.2, 0.25) is 5.76 Å². The van der Waals surface area contributed by atoms with Crippen molar-refractivity contribution in [2.45, 2.75) is 48.4 Å². The highest BCUT2D eigenvalue weighted by atomic mass is 32.2. The van der Waals surface area contributed by atoms with E-state index in [1.54, 1.807) is 10.6 Å². The molecule has 0 spiro atoms. The molecule has 0 radical (unpaired) electrons. The van der Waals surface area contributed by atoms with Crippen molar-refractivity contribution >= 4 is 28.8 Å². The number of rotatable bonds is 6. The molecule has 10 heteroatoms. The summed E-state index contributed by atoms with van der Waals surface area (Å²) < 4.78 is 11.6. The van der Waals surface area contributed by atoms with Crippen molar-refractivity contribution in [2.75, 3.05) is 7.11 Å². The van der Waals surface area contributed by atoms with Gasteiger partial charge in [0.1, 0.15) is 16.2 Å². The van der Waals surface area contributed by atoms with Crippen LogP contribution in [0.25, 0.3) is 11.0 Å². The second kappa shape index (κ2) is 6.87. The summed E-state index contributed by atoms with van der Waals surface area (Å²) in [6.07, 6.45) is 5.21. The molecule has 0 amide bonds. The fraction of sp³-hybridized carbons (Fsp3) is 0.421. The van der Waals surface area contributed by atoms with Gasteiger partial charge < -0.3 is 9.15 Å². The zero-order chi connectivity index (χ0) is 20.1. The fourth-order valence-electron chi connectivity index (χ4n) is 3.30. The summed E-state index contributed by atoms with van der Waals surface area (Å²) in [6, 6.07) is 1.76. The van der Waals surface area contributed by atoms with Gasteiger partial charge in [-0.05, 0) is 31.7 Å². The molecule has 3 aromatic heterocycles. The Morgan fingerprint density at radius 1 is 1.31 bits per heavy atom. The predicted octanol–water partition coefficient (Wildman–Crippen LogP) is 2.36. The number of H-pyrrole nitrogens is 1. The Kier molecular flexibility index (Phi) is 4.30. The van der Waals surface area contributed by atoms with Crippen molar-refractivity contribution in [3.05, 3.63) is 50.3 Å². The first-order chi connectivity index (χ1) is 14.1. The molecular weight excluding hydrogens is 396 g/mol. The molecule has 5 rings (SSSR count). The lowest BCUT2D eigenvalue weighted by atomic mass is 10.3. The number of carbonyl (C=O) groups excluding carboxylic acids is 1. The van der Waals surface area contributed by atoms with Gasteiger partial charge in [-0.3, -0.25) is 14.3 Å². The minimum Gasteiger partial charge on any atom is -0.463 e. The van der Waals surface area contributed by atoms with Crippen molar-refractivity contribution in [1.29, 1.82) is 0 Å². The van der Waals surface area contributed by atoms with Crippen LogP contribution in [0.3, 0.4) is 0 Å². The zero-order valence-electron chi connectivity index (χ0n) is 15.6. The predicted molar refractivity (Wildman–Crippen MR) is 104 cm³/mol. The van der Waals surface area contributed by atoms with Crippen molar-refractivity contribution < 1.29 is 13.9 Å². The van der Waals surface area contributed by atoms with E-state index >= 15 is 0 Å². The number of hydrogen-bond donors (Lipinski definition) is 1. The maximum atomic E-state index is 12.6. The average molecular weight is 414 g/mol. The lowest BCUT2D eigenvalue weighted by Crippen LogP contribution is -2.31. The Labute approximate surface area is 168 Å². The third-order valence-corrected chi connectivity index (χ3v) is 6.13. The largest absolute Gasteiger partial charge is 0.463 e. The molecule has 0 atom stereocenters. The van der Waals surface area contributed by atoms with Crippen LogP contribution in [0.4, 0.5) is 0 Å². The summed E-state index contributed by atoms with van der Waals surface area (Å²) in [5.41, 5.74) is 0.130. The molecule has 1 N–H and O–H groups in total. The minimum atomic E-state index is -0.558.